The highest BCUT2D eigenvalue weighted by Crippen LogP contribution is 2.23. The number of halogens is 1. The summed E-state index contributed by atoms with van der Waals surface area (Å²) in [5, 5.41) is 11.9. The van der Waals surface area contributed by atoms with Gasteiger partial charge in [-0.1, -0.05) is 11.6 Å². The van der Waals surface area contributed by atoms with Crippen LogP contribution < -0.4 is 10.1 Å². The minimum absolute atomic E-state index is 0.0548. The largest absolute Gasteiger partial charge is 0.494 e. The Morgan fingerprint density at radius 3 is 2.71 bits per heavy atom. The van der Waals surface area contributed by atoms with Gasteiger partial charge in [-0.2, -0.15) is 0 Å². The molecule has 7 heteroatoms. The third-order valence-corrected chi connectivity index (χ3v) is 2.94. The third-order valence-electron chi connectivity index (χ3n) is 2.71. The van der Waals surface area contributed by atoms with E-state index in [0.717, 1.165) is 0 Å². The van der Waals surface area contributed by atoms with Gasteiger partial charge in [0.2, 0.25) is 0 Å². The quantitative estimate of drug-likeness (QED) is 0.906. The normalized spacial score (nSPS) is 10.0. The maximum atomic E-state index is 12.2. The van der Waals surface area contributed by atoms with Crippen molar-refractivity contribution >= 4 is 29.2 Å². The van der Waals surface area contributed by atoms with Crippen LogP contribution in [-0.2, 0) is 0 Å². The molecule has 0 saturated carbocycles. The van der Waals surface area contributed by atoms with E-state index in [1.807, 2.05) is 0 Å². The lowest BCUT2D eigenvalue weighted by Gasteiger charge is -2.11. The summed E-state index contributed by atoms with van der Waals surface area (Å²) in [6.07, 6.45) is 2.83. The van der Waals surface area contributed by atoms with Crippen molar-refractivity contribution in [1.29, 1.82) is 0 Å². The molecule has 2 aromatic rings. The van der Waals surface area contributed by atoms with Gasteiger partial charge in [-0.3, -0.25) is 9.78 Å². The van der Waals surface area contributed by atoms with Crippen LogP contribution in [0.5, 0.6) is 5.75 Å². The van der Waals surface area contributed by atoms with Gasteiger partial charge >= 0.3 is 5.97 Å². The molecule has 0 aliphatic carbocycles. The van der Waals surface area contributed by atoms with E-state index in [-0.39, 0.29) is 22.6 Å². The number of carbonyl (C=O) groups excluding carboxylic acids is 1. The van der Waals surface area contributed by atoms with Crippen LogP contribution in [0.2, 0.25) is 5.02 Å². The Labute approximate surface area is 125 Å². The molecule has 1 aromatic heterocycles. The maximum absolute atomic E-state index is 12.2. The summed E-state index contributed by atoms with van der Waals surface area (Å²) in [5.74, 6) is -1.39. The average molecular weight is 307 g/mol. The monoisotopic (exact) mass is 306 g/mol. The van der Waals surface area contributed by atoms with Crippen molar-refractivity contribution < 1.29 is 19.4 Å². The first kappa shape index (κ1) is 14.8. The lowest BCUT2D eigenvalue weighted by molar-refractivity contribution is 0.0698. The predicted molar refractivity (Wildman–Crippen MR) is 77.2 cm³/mol. The first-order valence-electron chi connectivity index (χ1n) is 5.85. The summed E-state index contributed by atoms with van der Waals surface area (Å²) < 4.78 is 5.04. The molecule has 1 aromatic carbocycles. The van der Waals surface area contributed by atoms with E-state index in [1.165, 1.54) is 43.8 Å². The van der Waals surface area contributed by atoms with Gasteiger partial charge in [-0.15, -0.1) is 0 Å². The number of ether oxygens (including phenoxy) is 1. The second kappa shape index (κ2) is 6.23. The number of nitrogens with one attached hydrogen (secondary N) is 1. The first-order valence-corrected chi connectivity index (χ1v) is 6.23. The van der Waals surface area contributed by atoms with Crippen LogP contribution in [-0.4, -0.2) is 29.1 Å². The zero-order chi connectivity index (χ0) is 15.4. The molecular weight excluding hydrogens is 296 g/mol. The molecule has 0 atom stereocenters. The number of aromatic carboxylic acids is 1. The molecule has 108 valence electrons. The number of nitrogens with zero attached hydrogens (tertiary/aromatic N) is 1. The van der Waals surface area contributed by atoms with Crippen LogP contribution in [0.25, 0.3) is 0 Å². The van der Waals surface area contributed by atoms with Crippen LogP contribution in [0.15, 0.2) is 36.7 Å². The molecule has 1 amide bonds. The number of aromatic nitrogens is 1. The van der Waals surface area contributed by atoms with E-state index in [1.54, 1.807) is 0 Å². The van der Waals surface area contributed by atoms with Gasteiger partial charge in [0, 0.05) is 11.2 Å². The smallest absolute Gasteiger partial charge is 0.337 e. The number of carboxylic acid groups (broad SMARTS) is 1. The van der Waals surface area contributed by atoms with Crippen LogP contribution in [0.3, 0.4) is 0 Å². The highest BCUT2D eigenvalue weighted by molar-refractivity contribution is 6.31. The number of rotatable bonds is 4. The molecule has 0 saturated heterocycles. The Kier molecular flexibility index (Phi) is 4.39. The molecule has 1 heterocycles. The summed E-state index contributed by atoms with van der Waals surface area (Å²) in [5.41, 5.74) is 0.295. The number of benzene rings is 1. The first-order chi connectivity index (χ1) is 10.0. The van der Waals surface area contributed by atoms with E-state index in [9.17, 15) is 9.59 Å². The number of amides is 1. The van der Waals surface area contributed by atoms with Crippen molar-refractivity contribution in [2.24, 2.45) is 0 Å². The molecular formula is C14H11ClN2O4. The number of anilines is 1. The molecule has 0 unspecified atom stereocenters. The fourth-order valence-electron chi connectivity index (χ4n) is 1.73. The number of methoxy groups -OCH3 is 1. The second-order valence-corrected chi connectivity index (χ2v) is 4.46. The van der Waals surface area contributed by atoms with Crippen LogP contribution >= 0.6 is 11.6 Å². The van der Waals surface area contributed by atoms with Crippen molar-refractivity contribution in [3.05, 3.63) is 52.8 Å². The highest BCUT2D eigenvalue weighted by Gasteiger charge is 2.16. The second-order valence-electron chi connectivity index (χ2n) is 4.03. The summed E-state index contributed by atoms with van der Waals surface area (Å²) >= 11 is 5.83. The summed E-state index contributed by atoms with van der Waals surface area (Å²) in [6.45, 7) is 0. The Balaban J connectivity index is 2.36. The minimum Gasteiger partial charge on any atom is -0.494 e. The average Bonchev–Trinajstić information content (AvgIpc) is 2.46. The Hall–Kier alpha value is -2.60. The van der Waals surface area contributed by atoms with E-state index >= 15 is 0 Å². The zero-order valence-corrected chi connectivity index (χ0v) is 11.7. The van der Waals surface area contributed by atoms with E-state index in [4.69, 9.17) is 21.4 Å². The molecule has 0 fully saturated rings. The number of hydrogen-bond donors (Lipinski definition) is 2. The number of pyridine rings is 1. The van der Waals surface area contributed by atoms with Gasteiger partial charge in [0.05, 0.1) is 30.1 Å². The van der Waals surface area contributed by atoms with E-state index in [2.05, 4.69) is 10.3 Å². The van der Waals surface area contributed by atoms with E-state index < -0.39 is 11.9 Å². The predicted octanol–water partition coefficient (Wildman–Crippen LogP) is 2.69. The van der Waals surface area contributed by atoms with Gasteiger partial charge in [-0.05, 0) is 24.3 Å². The van der Waals surface area contributed by atoms with Crippen LogP contribution in [0, 0.1) is 0 Å². The van der Waals surface area contributed by atoms with Crippen molar-refractivity contribution in [2.45, 2.75) is 0 Å². The standard InChI is InChI=1S/C14H11ClN2O4/c1-21-12-7-16-5-4-10(12)13(18)17-11-6-8(15)2-3-9(11)14(19)20/h2-7H,1H3,(H,17,18)(H,19,20). The summed E-state index contributed by atoms with van der Waals surface area (Å²) in [4.78, 5) is 27.2. The Bertz CT molecular complexity index is 703. The maximum Gasteiger partial charge on any atom is 0.337 e. The van der Waals surface area contributed by atoms with Crippen molar-refractivity contribution in [2.75, 3.05) is 12.4 Å². The van der Waals surface area contributed by atoms with Crippen LogP contribution in [0.4, 0.5) is 5.69 Å². The summed E-state index contributed by atoms with van der Waals surface area (Å²) in [6, 6.07) is 5.60. The third kappa shape index (κ3) is 3.29. The Morgan fingerprint density at radius 2 is 2.05 bits per heavy atom. The van der Waals surface area contributed by atoms with Gasteiger partial charge in [0.25, 0.3) is 5.91 Å². The number of carbonyl (C=O) groups is 2. The number of carboxylic acids is 1. The van der Waals surface area contributed by atoms with Crippen LogP contribution in [0.1, 0.15) is 20.7 Å². The molecule has 0 aliphatic rings. The highest BCUT2D eigenvalue weighted by atomic mass is 35.5. The fraction of sp³-hybridized carbons (Fsp3) is 0.0714. The molecule has 21 heavy (non-hydrogen) atoms. The topological polar surface area (TPSA) is 88.5 Å². The fourth-order valence-corrected chi connectivity index (χ4v) is 1.90. The Morgan fingerprint density at radius 1 is 1.29 bits per heavy atom. The van der Waals surface area contributed by atoms with Crippen molar-refractivity contribution in [3.63, 3.8) is 0 Å². The number of hydrogen-bond acceptors (Lipinski definition) is 4. The molecule has 0 radical (unpaired) electrons. The summed E-state index contributed by atoms with van der Waals surface area (Å²) in [7, 11) is 1.41. The van der Waals surface area contributed by atoms with Gasteiger partial charge in [0.1, 0.15) is 5.75 Å². The van der Waals surface area contributed by atoms with Gasteiger partial charge in [-0.25, -0.2) is 4.79 Å². The molecule has 2 N–H and O–H groups in total. The van der Waals surface area contributed by atoms with Gasteiger partial charge < -0.3 is 15.2 Å². The SMILES string of the molecule is COc1cnccc1C(=O)Nc1cc(Cl)ccc1C(=O)O. The molecule has 0 spiro atoms. The van der Waals surface area contributed by atoms with E-state index in [0.29, 0.717) is 5.02 Å². The van der Waals surface area contributed by atoms with Crippen molar-refractivity contribution in [3.8, 4) is 5.75 Å². The van der Waals surface area contributed by atoms with Gasteiger partial charge in [0.15, 0.2) is 0 Å². The molecule has 6 nitrogen and oxygen atoms in total. The molecule has 0 bridgehead atoms. The van der Waals surface area contributed by atoms with Crippen molar-refractivity contribution in [1.82, 2.24) is 4.98 Å². The lowest BCUT2D eigenvalue weighted by atomic mass is 10.1. The minimum atomic E-state index is -1.16. The lowest BCUT2D eigenvalue weighted by Crippen LogP contribution is -2.15. The molecule has 2 rings (SSSR count). The zero-order valence-electron chi connectivity index (χ0n) is 11.0. The molecule has 0 aliphatic heterocycles.